The van der Waals surface area contributed by atoms with Crippen molar-refractivity contribution in [1.82, 2.24) is 5.32 Å². The van der Waals surface area contributed by atoms with Crippen LogP contribution >= 0.6 is 11.6 Å². The average molecular weight is 239 g/mol. The molecule has 0 aromatic heterocycles. The van der Waals surface area contributed by atoms with Crippen LogP contribution in [0, 0.1) is 0 Å². The Kier molecular flexibility index (Phi) is 2.18. The number of nitrogens with one attached hydrogen (secondary N) is 1. The molecule has 86 valence electrons. The molecule has 0 amide bonds. The number of aliphatic hydroxyl groups excluding tert-OH is 1. The number of nitrogens with zero attached hydrogens (tertiary/aromatic N) is 1. The van der Waals surface area contributed by atoms with Gasteiger partial charge < -0.3 is 15.3 Å². The van der Waals surface area contributed by atoms with Crippen molar-refractivity contribution in [3.05, 3.63) is 28.8 Å². The van der Waals surface area contributed by atoms with Gasteiger partial charge in [-0.05, 0) is 31.2 Å². The summed E-state index contributed by atoms with van der Waals surface area (Å²) in [6.07, 6.45) is 0.526. The molecule has 2 heterocycles. The van der Waals surface area contributed by atoms with E-state index in [1.54, 1.807) is 0 Å². The summed E-state index contributed by atoms with van der Waals surface area (Å²) in [4.78, 5) is 2.20. The fourth-order valence-corrected chi connectivity index (χ4v) is 3.16. The maximum Gasteiger partial charge on any atom is 0.105 e. The van der Waals surface area contributed by atoms with Crippen molar-refractivity contribution in [3.8, 4) is 0 Å². The molecule has 1 fully saturated rings. The Hall–Kier alpha value is -0.770. The van der Waals surface area contributed by atoms with Gasteiger partial charge >= 0.3 is 0 Å². The molecule has 2 atom stereocenters. The SMILES string of the molecule is CN1c2ccc(Cl)cc2C(O)C12CCNC2. The van der Waals surface area contributed by atoms with Crippen LogP contribution in [0.15, 0.2) is 18.2 Å². The summed E-state index contributed by atoms with van der Waals surface area (Å²) >= 11 is 5.99. The average Bonchev–Trinajstić information content (AvgIpc) is 2.83. The molecule has 3 rings (SSSR count). The minimum atomic E-state index is -0.443. The van der Waals surface area contributed by atoms with Crippen molar-refractivity contribution in [2.45, 2.75) is 18.1 Å². The highest BCUT2D eigenvalue weighted by atomic mass is 35.5. The second-order valence-corrected chi connectivity index (χ2v) is 5.13. The maximum atomic E-state index is 10.5. The van der Waals surface area contributed by atoms with Gasteiger partial charge in [0.25, 0.3) is 0 Å². The molecule has 1 aromatic rings. The first-order valence-electron chi connectivity index (χ1n) is 5.57. The second kappa shape index (κ2) is 3.36. The monoisotopic (exact) mass is 238 g/mol. The van der Waals surface area contributed by atoms with Gasteiger partial charge in [-0.2, -0.15) is 0 Å². The minimum Gasteiger partial charge on any atom is -0.386 e. The topological polar surface area (TPSA) is 35.5 Å². The van der Waals surface area contributed by atoms with Gasteiger partial charge in [-0.25, -0.2) is 0 Å². The third-order valence-corrected chi connectivity index (χ3v) is 4.22. The first kappa shape index (κ1) is 10.4. The number of benzene rings is 1. The lowest BCUT2D eigenvalue weighted by Gasteiger charge is -2.35. The molecular weight excluding hydrogens is 224 g/mol. The molecule has 0 saturated carbocycles. The van der Waals surface area contributed by atoms with E-state index in [-0.39, 0.29) is 5.54 Å². The third kappa shape index (κ3) is 1.16. The number of likely N-dealkylation sites (N-methyl/N-ethyl adjacent to an activating group) is 1. The highest BCUT2D eigenvalue weighted by molar-refractivity contribution is 6.30. The fraction of sp³-hybridized carbons (Fsp3) is 0.500. The van der Waals surface area contributed by atoms with E-state index < -0.39 is 6.10 Å². The van der Waals surface area contributed by atoms with Gasteiger partial charge in [0.15, 0.2) is 0 Å². The van der Waals surface area contributed by atoms with E-state index in [2.05, 4.69) is 17.3 Å². The molecule has 16 heavy (non-hydrogen) atoms. The highest BCUT2D eigenvalue weighted by Gasteiger charge is 2.50. The van der Waals surface area contributed by atoms with Gasteiger partial charge in [0.2, 0.25) is 0 Å². The minimum absolute atomic E-state index is 0.174. The Labute approximate surface area is 100 Å². The van der Waals surface area contributed by atoms with Crippen LogP contribution in [-0.4, -0.2) is 30.8 Å². The van der Waals surface area contributed by atoms with E-state index in [9.17, 15) is 5.11 Å². The molecule has 3 nitrogen and oxygen atoms in total. The third-order valence-electron chi connectivity index (χ3n) is 3.99. The molecule has 2 N–H and O–H groups in total. The van der Waals surface area contributed by atoms with E-state index in [1.807, 2.05) is 18.2 Å². The summed E-state index contributed by atoms with van der Waals surface area (Å²) < 4.78 is 0. The number of fused-ring (bicyclic) bond motifs is 1. The first-order chi connectivity index (χ1) is 7.65. The van der Waals surface area contributed by atoms with Gasteiger partial charge in [-0.1, -0.05) is 11.6 Å². The molecular formula is C12H15ClN2O. The zero-order chi connectivity index (χ0) is 11.3. The Balaban J connectivity index is 2.12. The lowest BCUT2D eigenvalue weighted by atomic mass is 9.90. The molecule has 0 aliphatic carbocycles. The van der Waals surface area contributed by atoms with Crippen LogP contribution < -0.4 is 10.2 Å². The number of hydrogen-bond acceptors (Lipinski definition) is 3. The second-order valence-electron chi connectivity index (χ2n) is 4.70. The zero-order valence-electron chi connectivity index (χ0n) is 9.20. The van der Waals surface area contributed by atoms with Crippen LogP contribution in [-0.2, 0) is 0 Å². The molecule has 1 aromatic carbocycles. The lowest BCUT2D eigenvalue weighted by Crippen LogP contribution is -2.48. The van der Waals surface area contributed by atoms with Crippen LogP contribution in [0.4, 0.5) is 5.69 Å². The summed E-state index contributed by atoms with van der Waals surface area (Å²) in [6.45, 7) is 1.79. The molecule has 2 aliphatic rings. The summed E-state index contributed by atoms with van der Waals surface area (Å²) in [5.74, 6) is 0. The molecule has 2 aliphatic heterocycles. The maximum absolute atomic E-state index is 10.5. The zero-order valence-corrected chi connectivity index (χ0v) is 9.96. The lowest BCUT2D eigenvalue weighted by molar-refractivity contribution is 0.105. The number of hydrogen-bond donors (Lipinski definition) is 2. The summed E-state index contributed by atoms with van der Waals surface area (Å²) in [6, 6.07) is 5.75. The molecule has 0 radical (unpaired) electrons. The van der Waals surface area contributed by atoms with E-state index in [0.29, 0.717) is 5.02 Å². The van der Waals surface area contributed by atoms with Crippen molar-refractivity contribution >= 4 is 17.3 Å². The predicted molar refractivity (Wildman–Crippen MR) is 65.0 cm³/mol. The molecule has 1 spiro atoms. The number of aliphatic hydroxyl groups is 1. The van der Waals surface area contributed by atoms with Gasteiger partial charge in [-0.15, -0.1) is 0 Å². The van der Waals surface area contributed by atoms with Crippen molar-refractivity contribution in [1.29, 1.82) is 0 Å². The Morgan fingerprint density at radius 3 is 3.06 bits per heavy atom. The van der Waals surface area contributed by atoms with Crippen LogP contribution in [0.2, 0.25) is 5.02 Å². The normalized spacial score (nSPS) is 32.4. The highest BCUT2D eigenvalue weighted by Crippen LogP contribution is 2.48. The van der Waals surface area contributed by atoms with Crippen LogP contribution in [0.25, 0.3) is 0 Å². The summed E-state index contributed by atoms with van der Waals surface area (Å²) in [5.41, 5.74) is 1.88. The van der Waals surface area contributed by atoms with E-state index in [0.717, 1.165) is 30.8 Å². The van der Waals surface area contributed by atoms with Crippen LogP contribution in [0.1, 0.15) is 18.1 Å². The summed E-state index contributed by atoms with van der Waals surface area (Å²) in [5, 5.41) is 14.5. The Morgan fingerprint density at radius 2 is 2.38 bits per heavy atom. The van der Waals surface area contributed by atoms with E-state index in [1.165, 1.54) is 0 Å². The van der Waals surface area contributed by atoms with Crippen molar-refractivity contribution < 1.29 is 5.11 Å². The predicted octanol–water partition coefficient (Wildman–Crippen LogP) is 1.56. The van der Waals surface area contributed by atoms with Gasteiger partial charge in [0, 0.05) is 29.9 Å². The van der Waals surface area contributed by atoms with Crippen molar-refractivity contribution in [2.75, 3.05) is 25.0 Å². The largest absolute Gasteiger partial charge is 0.386 e. The smallest absolute Gasteiger partial charge is 0.105 e. The standard InChI is InChI=1S/C12H15ClN2O/c1-15-10-3-2-8(13)6-9(10)11(16)12(15)4-5-14-7-12/h2-3,6,11,14,16H,4-5,7H2,1H3. The van der Waals surface area contributed by atoms with Gasteiger partial charge in [0.1, 0.15) is 6.10 Å². The molecule has 0 bridgehead atoms. The quantitative estimate of drug-likeness (QED) is 0.720. The van der Waals surface area contributed by atoms with Crippen molar-refractivity contribution in [3.63, 3.8) is 0 Å². The summed E-state index contributed by atoms with van der Waals surface area (Å²) in [7, 11) is 2.05. The van der Waals surface area contributed by atoms with Crippen LogP contribution in [0.5, 0.6) is 0 Å². The molecule has 1 saturated heterocycles. The number of halogens is 1. The van der Waals surface area contributed by atoms with Crippen molar-refractivity contribution in [2.24, 2.45) is 0 Å². The Morgan fingerprint density at radius 1 is 1.56 bits per heavy atom. The fourth-order valence-electron chi connectivity index (χ4n) is 2.98. The number of anilines is 1. The molecule has 2 unspecified atom stereocenters. The first-order valence-corrected chi connectivity index (χ1v) is 5.95. The Bertz CT molecular complexity index is 429. The molecule has 4 heteroatoms. The van der Waals surface area contributed by atoms with Crippen LogP contribution in [0.3, 0.4) is 0 Å². The van der Waals surface area contributed by atoms with Gasteiger partial charge in [0.05, 0.1) is 5.54 Å². The van der Waals surface area contributed by atoms with E-state index in [4.69, 9.17) is 11.6 Å². The van der Waals surface area contributed by atoms with Gasteiger partial charge in [-0.3, -0.25) is 0 Å². The number of rotatable bonds is 0. The van der Waals surface area contributed by atoms with E-state index >= 15 is 0 Å².